The van der Waals surface area contributed by atoms with Crippen LogP contribution in [0.4, 0.5) is 0 Å². The van der Waals surface area contributed by atoms with Gasteiger partial charge in [0.15, 0.2) is 0 Å². The number of halogens is 1. The Morgan fingerprint density at radius 2 is 1.96 bits per heavy atom. The molecule has 1 amide bonds. The van der Waals surface area contributed by atoms with Crippen molar-refractivity contribution in [2.75, 3.05) is 0 Å². The average Bonchev–Trinajstić information content (AvgIpc) is 3.20. The van der Waals surface area contributed by atoms with Gasteiger partial charge in [0, 0.05) is 17.0 Å². The fourth-order valence-electron chi connectivity index (χ4n) is 2.94. The van der Waals surface area contributed by atoms with Crippen molar-refractivity contribution in [3.63, 3.8) is 0 Å². The van der Waals surface area contributed by atoms with Gasteiger partial charge in [-0.15, -0.1) is 0 Å². The SMILES string of the molecule is CC[C@@H](C)[C@@H](NC(=O)CCc1ccccc1)c1nc(-c2cccc(Cl)c2)no1. The van der Waals surface area contributed by atoms with Gasteiger partial charge >= 0.3 is 0 Å². The fourth-order valence-corrected chi connectivity index (χ4v) is 3.13. The Bertz CT molecular complexity index is 911. The molecule has 0 radical (unpaired) electrons. The van der Waals surface area contributed by atoms with Crippen molar-refractivity contribution in [1.29, 1.82) is 0 Å². The number of amides is 1. The number of carbonyl (C=O) groups excluding carboxylic acids is 1. The van der Waals surface area contributed by atoms with E-state index in [-0.39, 0.29) is 17.9 Å². The van der Waals surface area contributed by atoms with E-state index in [0.29, 0.717) is 29.6 Å². The number of carbonyl (C=O) groups is 1. The molecule has 0 bridgehead atoms. The van der Waals surface area contributed by atoms with Crippen LogP contribution in [0, 0.1) is 5.92 Å². The summed E-state index contributed by atoms with van der Waals surface area (Å²) in [6.45, 7) is 4.13. The van der Waals surface area contributed by atoms with Crippen molar-refractivity contribution >= 4 is 17.5 Å². The van der Waals surface area contributed by atoms with Crippen molar-refractivity contribution in [3.05, 3.63) is 71.1 Å². The molecule has 1 N–H and O–H groups in total. The summed E-state index contributed by atoms with van der Waals surface area (Å²) in [4.78, 5) is 17.0. The van der Waals surface area contributed by atoms with Crippen LogP contribution in [0.15, 0.2) is 59.1 Å². The zero-order chi connectivity index (χ0) is 19.9. The van der Waals surface area contributed by atoms with Crippen LogP contribution in [0.2, 0.25) is 5.02 Å². The second-order valence-corrected chi connectivity index (χ2v) is 7.32. The zero-order valence-corrected chi connectivity index (χ0v) is 16.8. The minimum Gasteiger partial charge on any atom is -0.344 e. The molecular formula is C22H24ClN3O2. The summed E-state index contributed by atoms with van der Waals surface area (Å²) in [5.41, 5.74) is 1.92. The number of rotatable bonds is 8. The van der Waals surface area contributed by atoms with Gasteiger partial charge in [0.05, 0.1) is 0 Å². The van der Waals surface area contributed by atoms with Gasteiger partial charge in [-0.2, -0.15) is 4.98 Å². The molecule has 2 atom stereocenters. The minimum atomic E-state index is -0.325. The quantitative estimate of drug-likeness (QED) is 0.565. The van der Waals surface area contributed by atoms with Crippen molar-refractivity contribution in [2.45, 2.75) is 39.2 Å². The molecule has 0 saturated carbocycles. The molecule has 0 aliphatic heterocycles. The lowest BCUT2D eigenvalue weighted by molar-refractivity contribution is -0.122. The number of nitrogens with one attached hydrogen (secondary N) is 1. The molecule has 0 unspecified atom stereocenters. The number of hydrogen-bond acceptors (Lipinski definition) is 4. The Morgan fingerprint density at radius 1 is 1.18 bits per heavy atom. The topological polar surface area (TPSA) is 68.0 Å². The van der Waals surface area contributed by atoms with Crippen LogP contribution >= 0.6 is 11.6 Å². The van der Waals surface area contributed by atoms with E-state index in [2.05, 4.69) is 29.3 Å². The number of aromatic nitrogens is 2. The molecule has 2 aromatic carbocycles. The molecule has 0 aliphatic carbocycles. The number of nitrogens with zero attached hydrogens (tertiary/aromatic N) is 2. The Kier molecular flexibility index (Phi) is 6.82. The van der Waals surface area contributed by atoms with Crippen molar-refractivity contribution in [1.82, 2.24) is 15.5 Å². The Labute approximate surface area is 170 Å². The van der Waals surface area contributed by atoms with E-state index in [1.54, 1.807) is 12.1 Å². The first-order valence-corrected chi connectivity index (χ1v) is 9.87. The monoisotopic (exact) mass is 397 g/mol. The van der Waals surface area contributed by atoms with E-state index in [4.69, 9.17) is 16.1 Å². The van der Waals surface area contributed by atoms with E-state index in [1.165, 1.54) is 0 Å². The second-order valence-electron chi connectivity index (χ2n) is 6.88. The number of benzene rings is 2. The molecule has 3 rings (SSSR count). The maximum absolute atomic E-state index is 12.5. The molecule has 0 saturated heterocycles. The van der Waals surface area contributed by atoms with E-state index in [9.17, 15) is 4.79 Å². The van der Waals surface area contributed by atoms with Gasteiger partial charge in [-0.1, -0.05) is 79.5 Å². The predicted octanol–water partition coefficient (Wildman–Crippen LogP) is 5.23. The lowest BCUT2D eigenvalue weighted by Gasteiger charge is -2.20. The molecule has 1 heterocycles. The Hall–Kier alpha value is -2.66. The smallest absolute Gasteiger partial charge is 0.249 e. The van der Waals surface area contributed by atoms with Crippen LogP contribution in [-0.4, -0.2) is 16.0 Å². The number of hydrogen-bond donors (Lipinski definition) is 1. The molecular weight excluding hydrogens is 374 g/mol. The molecule has 28 heavy (non-hydrogen) atoms. The van der Waals surface area contributed by atoms with Gasteiger partial charge in [0.2, 0.25) is 17.6 Å². The molecule has 5 nitrogen and oxygen atoms in total. The van der Waals surface area contributed by atoms with Gasteiger partial charge in [0.25, 0.3) is 0 Å². The van der Waals surface area contributed by atoms with Crippen LogP contribution in [-0.2, 0) is 11.2 Å². The average molecular weight is 398 g/mol. The molecule has 0 aliphatic rings. The first-order valence-electron chi connectivity index (χ1n) is 9.49. The summed E-state index contributed by atoms with van der Waals surface area (Å²) < 4.78 is 5.49. The van der Waals surface area contributed by atoms with Gasteiger partial charge in [0.1, 0.15) is 6.04 Å². The lowest BCUT2D eigenvalue weighted by atomic mass is 9.98. The maximum Gasteiger partial charge on any atom is 0.249 e. The summed E-state index contributed by atoms with van der Waals surface area (Å²) in [6.07, 6.45) is 1.97. The van der Waals surface area contributed by atoms with E-state index >= 15 is 0 Å². The highest BCUT2D eigenvalue weighted by Gasteiger charge is 2.26. The minimum absolute atomic E-state index is 0.0309. The first-order chi connectivity index (χ1) is 13.6. The van der Waals surface area contributed by atoms with Crippen LogP contribution in [0.1, 0.15) is 44.2 Å². The molecule has 0 fully saturated rings. The normalized spacial score (nSPS) is 13.1. The van der Waals surface area contributed by atoms with Crippen molar-refractivity contribution in [2.24, 2.45) is 5.92 Å². The van der Waals surface area contributed by atoms with Crippen LogP contribution in [0.25, 0.3) is 11.4 Å². The van der Waals surface area contributed by atoms with Crippen molar-refractivity contribution < 1.29 is 9.32 Å². The van der Waals surface area contributed by atoms with Gasteiger partial charge < -0.3 is 9.84 Å². The highest BCUT2D eigenvalue weighted by atomic mass is 35.5. The summed E-state index contributed by atoms with van der Waals surface area (Å²) in [5.74, 6) is 1.01. The second kappa shape index (κ2) is 9.51. The Morgan fingerprint density at radius 3 is 2.68 bits per heavy atom. The van der Waals surface area contributed by atoms with Crippen LogP contribution in [0.5, 0.6) is 0 Å². The predicted molar refractivity (Wildman–Crippen MR) is 110 cm³/mol. The van der Waals surface area contributed by atoms with Gasteiger partial charge in [-0.25, -0.2) is 0 Å². The molecule has 6 heteroatoms. The van der Waals surface area contributed by atoms with Crippen LogP contribution < -0.4 is 5.32 Å². The first kappa shape index (κ1) is 20.1. The molecule has 3 aromatic rings. The summed E-state index contributed by atoms with van der Waals surface area (Å²) in [6, 6.07) is 16.9. The highest BCUT2D eigenvalue weighted by molar-refractivity contribution is 6.30. The number of aryl methyl sites for hydroxylation is 1. The molecule has 0 spiro atoms. The summed E-state index contributed by atoms with van der Waals surface area (Å²) in [7, 11) is 0. The lowest BCUT2D eigenvalue weighted by Crippen LogP contribution is -2.32. The third kappa shape index (κ3) is 5.20. The molecule has 1 aromatic heterocycles. The Balaban J connectivity index is 1.71. The fraction of sp³-hybridized carbons (Fsp3) is 0.318. The van der Waals surface area contributed by atoms with Crippen LogP contribution in [0.3, 0.4) is 0 Å². The summed E-state index contributed by atoms with van der Waals surface area (Å²) in [5, 5.41) is 7.75. The summed E-state index contributed by atoms with van der Waals surface area (Å²) >= 11 is 6.05. The maximum atomic E-state index is 12.5. The van der Waals surface area contributed by atoms with E-state index < -0.39 is 0 Å². The largest absolute Gasteiger partial charge is 0.344 e. The van der Waals surface area contributed by atoms with Crippen molar-refractivity contribution in [3.8, 4) is 11.4 Å². The molecule has 146 valence electrons. The van der Waals surface area contributed by atoms with Gasteiger partial charge in [-0.3, -0.25) is 4.79 Å². The highest BCUT2D eigenvalue weighted by Crippen LogP contribution is 2.26. The van der Waals surface area contributed by atoms with E-state index in [0.717, 1.165) is 17.5 Å². The standard InChI is InChI=1S/C22H24ClN3O2/c1-3-15(2)20(24-19(27)13-12-16-8-5-4-6-9-16)22-25-21(26-28-22)17-10-7-11-18(23)14-17/h4-11,14-15,20H,3,12-13H2,1-2H3,(H,24,27)/t15-,20-/m1/s1. The zero-order valence-electron chi connectivity index (χ0n) is 16.1. The van der Waals surface area contributed by atoms with Gasteiger partial charge in [-0.05, 0) is 30.0 Å². The third-order valence-corrected chi connectivity index (χ3v) is 5.04. The third-order valence-electron chi connectivity index (χ3n) is 4.80. The van der Waals surface area contributed by atoms with E-state index in [1.807, 2.05) is 42.5 Å².